The summed E-state index contributed by atoms with van der Waals surface area (Å²) in [6.07, 6.45) is 2.89. The zero-order valence-electron chi connectivity index (χ0n) is 11.8. The second kappa shape index (κ2) is 5.71. The maximum atomic E-state index is 9.21. The molecule has 1 aliphatic heterocycles. The van der Waals surface area contributed by atoms with Gasteiger partial charge < -0.3 is 14.6 Å². The van der Waals surface area contributed by atoms with Crippen molar-refractivity contribution in [3.63, 3.8) is 0 Å². The first-order valence-corrected chi connectivity index (χ1v) is 7.28. The number of aryl methyl sites for hydroxylation is 1. The van der Waals surface area contributed by atoms with E-state index in [4.69, 9.17) is 9.47 Å². The average molecular weight is 283 g/mol. The third-order valence-electron chi connectivity index (χ3n) is 3.58. The Balaban J connectivity index is 2.00. The fraction of sp³-hybridized carbons (Fsp3) is 0.643. The van der Waals surface area contributed by atoms with E-state index < -0.39 is 0 Å². The highest BCUT2D eigenvalue weighted by Crippen LogP contribution is 2.39. The second-order valence-electron chi connectivity index (χ2n) is 5.22. The van der Waals surface area contributed by atoms with Crippen molar-refractivity contribution in [2.24, 2.45) is 0 Å². The lowest BCUT2D eigenvalue weighted by Gasteiger charge is -2.15. The summed E-state index contributed by atoms with van der Waals surface area (Å²) in [6.45, 7) is 6.02. The third kappa shape index (κ3) is 3.42. The van der Waals surface area contributed by atoms with Crippen LogP contribution >= 0.6 is 11.3 Å². The van der Waals surface area contributed by atoms with Crippen molar-refractivity contribution in [2.75, 3.05) is 13.7 Å². The topological polar surface area (TPSA) is 54.9 Å². The van der Waals surface area contributed by atoms with Crippen LogP contribution in [-0.2, 0) is 9.47 Å². The van der Waals surface area contributed by atoms with Gasteiger partial charge in [0.2, 0.25) is 0 Å². The van der Waals surface area contributed by atoms with Crippen LogP contribution in [-0.4, -0.2) is 41.6 Å². The third-order valence-corrected chi connectivity index (χ3v) is 4.37. The molecule has 3 unspecified atom stereocenters. The second-order valence-corrected chi connectivity index (χ2v) is 6.28. The SMILES string of the molecule is COC(CC1OC1(C)CO)/C(C)=C/c1csc(C)n1. The number of nitrogens with zero attached hydrogens (tertiary/aromatic N) is 1. The number of thiazole rings is 1. The highest BCUT2D eigenvalue weighted by atomic mass is 32.1. The van der Waals surface area contributed by atoms with Crippen LogP contribution in [0.2, 0.25) is 0 Å². The number of aliphatic hydroxyl groups is 1. The van der Waals surface area contributed by atoms with Gasteiger partial charge in [0.15, 0.2) is 0 Å². The molecule has 0 radical (unpaired) electrons. The molecule has 0 aromatic carbocycles. The Morgan fingerprint density at radius 2 is 2.47 bits per heavy atom. The molecule has 5 heteroatoms. The molecule has 3 atom stereocenters. The molecule has 0 saturated carbocycles. The van der Waals surface area contributed by atoms with Crippen LogP contribution < -0.4 is 0 Å². The number of rotatable bonds is 6. The maximum absolute atomic E-state index is 9.21. The van der Waals surface area contributed by atoms with Crippen LogP contribution in [0.25, 0.3) is 6.08 Å². The van der Waals surface area contributed by atoms with E-state index in [1.807, 2.05) is 26.2 Å². The molecule has 106 valence electrons. The molecule has 0 spiro atoms. The minimum Gasteiger partial charge on any atom is -0.393 e. The molecule has 1 aliphatic rings. The molecule has 4 nitrogen and oxygen atoms in total. The Bertz CT molecular complexity index is 471. The lowest BCUT2D eigenvalue weighted by atomic mass is 9.99. The first-order chi connectivity index (χ1) is 8.98. The van der Waals surface area contributed by atoms with Gasteiger partial charge in [-0.15, -0.1) is 11.3 Å². The van der Waals surface area contributed by atoms with Gasteiger partial charge in [-0.05, 0) is 32.4 Å². The van der Waals surface area contributed by atoms with Crippen LogP contribution in [0, 0.1) is 6.92 Å². The normalized spacial score (nSPS) is 28.5. The molecule has 0 amide bonds. The van der Waals surface area contributed by atoms with Crippen LogP contribution in [0.15, 0.2) is 11.0 Å². The van der Waals surface area contributed by atoms with Gasteiger partial charge in [0.05, 0.1) is 29.5 Å². The summed E-state index contributed by atoms with van der Waals surface area (Å²) in [4.78, 5) is 4.42. The van der Waals surface area contributed by atoms with Crippen molar-refractivity contribution >= 4 is 17.4 Å². The Hall–Kier alpha value is -0.750. The molecule has 1 saturated heterocycles. The number of hydrogen-bond donors (Lipinski definition) is 1. The summed E-state index contributed by atoms with van der Waals surface area (Å²) < 4.78 is 11.0. The predicted octanol–water partition coefficient (Wildman–Crippen LogP) is 2.41. The number of hydrogen-bond acceptors (Lipinski definition) is 5. The van der Waals surface area contributed by atoms with E-state index in [9.17, 15) is 5.11 Å². The van der Waals surface area contributed by atoms with Crippen molar-refractivity contribution in [1.82, 2.24) is 4.98 Å². The fourth-order valence-electron chi connectivity index (χ4n) is 2.16. The van der Waals surface area contributed by atoms with E-state index >= 15 is 0 Å². The largest absolute Gasteiger partial charge is 0.393 e. The smallest absolute Gasteiger partial charge is 0.115 e. The van der Waals surface area contributed by atoms with Gasteiger partial charge in [0.25, 0.3) is 0 Å². The van der Waals surface area contributed by atoms with Gasteiger partial charge in [-0.3, -0.25) is 0 Å². The van der Waals surface area contributed by atoms with E-state index in [0.717, 1.165) is 22.7 Å². The van der Waals surface area contributed by atoms with Gasteiger partial charge in [0, 0.05) is 18.9 Å². The lowest BCUT2D eigenvalue weighted by molar-refractivity contribution is 0.116. The van der Waals surface area contributed by atoms with E-state index in [0.29, 0.717) is 0 Å². The van der Waals surface area contributed by atoms with Crippen molar-refractivity contribution in [3.8, 4) is 0 Å². The van der Waals surface area contributed by atoms with Crippen LogP contribution in [0.5, 0.6) is 0 Å². The first-order valence-electron chi connectivity index (χ1n) is 6.40. The summed E-state index contributed by atoms with van der Waals surface area (Å²) in [7, 11) is 1.70. The summed E-state index contributed by atoms with van der Waals surface area (Å²) >= 11 is 1.64. The van der Waals surface area contributed by atoms with Crippen LogP contribution in [0.3, 0.4) is 0 Å². The monoisotopic (exact) mass is 283 g/mol. The molecule has 0 bridgehead atoms. The number of aromatic nitrogens is 1. The van der Waals surface area contributed by atoms with Gasteiger partial charge >= 0.3 is 0 Å². The minimum atomic E-state index is -0.381. The summed E-state index contributed by atoms with van der Waals surface area (Å²) in [5.41, 5.74) is 1.72. The summed E-state index contributed by atoms with van der Waals surface area (Å²) in [5.74, 6) is 0. The van der Waals surface area contributed by atoms with Crippen LogP contribution in [0.1, 0.15) is 31.0 Å². The van der Waals surface area contributed by atoms with Gasteiger partial charge in [-0.2, -0.15) is 0 Å². The van der Waals surface area contributed by atoms with Crippen molar-refractivity contribution in [2.45, 2.75) is 45.0 Å². The highest BCUT2D eigenvalue weighted by Gasteiger charge is 2.52. The van der Waals surface area contributed by atoms with Gasteiger partial charge in [-0.1, -0.05) is 0 Å². The molecule has 1 aromatic heterocycles. The quantitative estimate of drug-likeness (QED) is 0.815. The number of aliphatic hydroxyl groups excluding tert-OH is 1. The van der Waals surface area contributed by atoms with E-state index in [1.54, 1.807) is 18.4 Å². The predicted molar refractivity (Wildman–Crippen MR) is 76.3 cm³/mol. The lowest BCUT2D eigenvalue weighted by Crippen LogP contribution is -2.21. The van der Waals surface area contributed by atoms with Gasteiger partial charge in [0.1, 0.15) is 5.60 Å². The van der Waals surface area contributed by atoms with Crippen LogP contribution in [0.4, 0.5) is 0 Å². The zero-order chi connectivity index (χ0) is 14.0. The van der Waals surface area contributed by atoms with Crippen molar-refractivity contribution in [3.05, 3.63) is 21.7 Å². The number of methoxy groups -OCH3 is 1. The average Bonchev–Trinajstić information content (AvgIpc) is 2.85. The Labute approximate surface area is 118 Å². The zero-order valence-corrected chi connectivity index (χ0v) is 12.7. The number of ether oxygens (including phenoxy) is 2. The standard InChI is InChI=1S/C14H21NO3S/c1-9(5-11-7-19-10(2)15-11)12(17-4)6-13-14(3,8-16)18-13/h5,7,12-13,16H,6,8H2,1-4H3/b9-5+. The fourth-order valence-corrected chi connectivity index (χ4v) is 2.73. The first kappa shape index (κ1) is 14.7. The van der Waals surface area contributed by atoms with Crippen molar-refractivity contribution < 1.29 is 14.6 Å². The van der Waals surface area contributed by atoms with E-state index in [-0.39, 0.29) is 24.4 Å². The van der Waals surface area contributed by atoms with Crippen molar-refractivity contribution in [1.29, 1.82) is 0 Å². The molecule has 2 heterocycles. The molecular formula is C14H21NO3S. The summed E-state index contributed by atoms with van der Waals surface area (Å²) in [6, 6.07) is 0. The molecular weight excluding hydrogens is 262 g/mol. The molecule has 0 aliphatic carbocycles. The minimum absolute atomic E-state index is 0.000353. The molecule has 1 fully saturated rings. The maximum Gasteiger partial charge on any atom is 0.115 e. The number of epoxide rings is 1. The molecule has 19 heavy (non-hydrogen) atoms. The van der Waals surface area contributed by atoms with E-state index in [2.05, 4.69) is 11.1 Å². The highest BCUT2D eigenvalue weighted by molar-refractivity contribution is 7.09. The Kier molecular flexibility index (Phi) is 4.40. The Morgan fingerprint density at radius 1 is 1.74 bits per heavy atom. The van der Waals surface area contributed by atoms with Gasteiger partial charge in [-0.25, -0.2) is 4.98 Å². The van der Waals surface area contributed by atoms with E-state index in [1.165, 1.54) is 0 Å². The molecule has 1 aromatic rings. The molecule has 1 N–H and O–H groups in total. The Morgan fingerprint density at radius 3 is 2.95 bits per heavy atom. The summed E-state index contributed by atoms with van der Waals surface area (Å²) in [5, 5.41) is 12.3. The molecule has 2 rings (SSSR count).